The summed E-state index contributed by atoms with van der Waals surface area (Å²) in [6, 6.07) is 10.5. The van der Waals surface area contributed by atoms with E-state index in [-0.39, 0.29) is 6.61 Å². The van der Waals surface area contributed by atoms with Gasteiger partial charge in [0.2, 0.25) is 0 Å². The number of aromatic nitrogens is 2. The number of nitrogens with zero attached hydrogens (tertiary/aromatic N) is 2. The second-order valence-corrected chi connectivity index (χ2v) is 7.20. The molecular formula is C15H20N2OS2. The molecule has 1 atom stereocenters. The number of benzene rings is 1. The third-order valence-electron chi connectivity index (χ3n) is 3.05. The lowest BCUT2D eigenvalue weighted by Gasteiger charge is -2.11. The van der Waals surface area contributed by atoms with Crippen molar-refractivity contribution in [1.82, 2.24) is 9.55 Å². The van der Waals surface area contributed by atoms with E-state index in [0.717, 1.165) is 23.0 Å². The molecule has 0 spiro atoms. The third-order valence-corrected chi connectivity index (χ3v) is 5.32. The van der Waals surface area contributed by atoms with Gasteiger partial charge in [0.1, 0.15) is 0 Å². The summed E-state index contributed by atoms with van der Waals surface area (Å²) in [6.45, 7) is 2.27. The van der Waals surface area contributed by atoms with Crippen LogP contribution in [0.15, 0.2) is 46.6 Å². The smallest absolute Gasteiger partial charge is 0.168 e. The molecule has 0 fully saturated rings. The van der Waals surface area contributed by atoms with Gasteiger partial charge in [0.15, 0.2) is 5.16 Å². The van der Waals surface area contributed by atoms with Gasteiger partial charge in [-0.05, 0) is 24.3 Å². The number of aliphatic hydroxyl groups is 1. The minimum Gasteiger partial charge on any atom is -0.390 e. The van der Waals surface area contributed by atoms with Crippen LogP contribution >= 0.6 is 23.5 Å². The molecule has 20 heavy (non-hydrogen) atoms. The Morgan fingerprint density at radius 2 is 2.05 bits per heavy atom. The van der Waals surface area contributed by atoms with Gasteiger partial charge in [-0.25, -0.2) is 4.98 Å². The molecular weight excluding hydrogens is 288 g/mol. The zero-order valence-corrected chi connectivity index (χ0v) is 13.5. The second kappa shape index (κ2) is 7.76. The molecule has 1 N–H and O–H groups in total. The SMILES string of the molecule is C[C@H](CCSc1ccccc1)Sc1ncc(CO)n1C. The average molecular weight is 308 g/mol. The Balaban J connectivity index is 1.77. The van der Waals surface area contributed by atoms with E-state index >= 15 is 0 Å². The summed E-state index contributed by atoms with van der Waals surface area (Å²) < 4.78 is 1.96. The van der Waals surface area contributed by atoms with Crippen LogP contribution in [0, 0.1) is 0 Å². The standard InChI is InChI=1S/C15H20N2OS2/c1-12(8-9-19-14-6-4-3-5-7-14)20-15-16-10-13(11-18)17(15)2/h3-7,10,12,18H,8-9,11H2,1-2H3/t12-/m1/s1. The summed E-state index contributed by atoms with van der Waals surface area (Å²) in [4.78, 5) is 5.68. The van der Waals surface area contributed by atoms with E-state index in [1.807, 2.05) is 29.4 Å². The van der Waals surface area contributed by atoms with E-state index in [0.29, 0.717) is 5.25 Å². The van der Waals surface area contributed by atoms with Crippen LogP contribution in [0.4, 0.5) is 0 Å². The second-order valence-electron chi connectivity index (χ2n) is 4.63. The highest BCUT2D eigenvalue weighted by Crippen LogP contribution is 2.27. The Kier molecular flexibility index (Phi) is 6.01. The molecule has 0 bridgehead atoms. The van der Waals surface area contributed by atoms with Crippen molar-refractivity contribution in [2.45, 2.75) is 35.3 Å². The number of hydrogen-bond donors (Lipinski definition) is 1. The van der Waals surface area contributed by atoms with Gasteiger partial charge in [-0.3, -0.25) is 0 Å². The van der Waals surface area contributed by atoms with Crippen LogP contribution in [0.3, 0.4) is 0 Å². The summed E-state index contributed by atoms with van der Waals surface area (Å²) >= 11 is 3.66. The molecule has 0 unspecified atom stereocenters. The molecule has 0 amide bonds. The van der Waals surface area contributed by atoms with Crippen molar-refractivity contribution < 1.29 is 5.11 Å². The van der Waals surface area contributed by atoms with Crippen molar-refractivity contribution in [3.63, 3.8) is 0 Å². The minimum atomic E-state index is 0.0439. The van der Waals surface area contributed by atoms with Crippen LogP contribution in [0.1, 0.15) is 19.0 Å². The normalized spacial score (nSPS) is 12.6. The first-order valence-corrected chi connectivity index (χ1v) is 8.53. The van der Waals surface area contributed by atoms with Crippen molar-refractivity contribution in [2.75, 3.05) is 5.75 Å². The highest BCUT2D eigenvalue weighted by molar-refractivity contribution is 8.00. The van der Waals surface area contributed by atoms with Gasteiger partial charge in [-0.15, -0.1) is 11.8 Å². The molecule has 3 nitrogen and oxygen atoms in total. The quantitative estimate of drug-likeness (QED) is 0.794. The van der Waals surface area contributed by atoms with Crippen LogP contribution in [0.5, 0.6) is 0 Å². The topological polar surface area (TPSA) is 38.1 Å². The molecule has 0 saturated carbocycles. The largest absolute Gasteiger partial charge is 0.390 e. The zero-order valence-electron chi connectivity index (χ0n) is 11.8. The first kappa shape index (κ1) is 15.5. The maximum Gasteiger partial charge on any atom is 0.168 e. The molecule has 5 heteroatoms. The highest BCUT2D eigenvalue weighted by atomic mass is 32.2. The molecule has 0 aliphatic heterocycles. The van der Waals surface area contributed by atoms with Gasteiger partial charge in [-0.2, -0.15) is 0 Å². The van der Waals surface area contributed by atoms with Gasteiger partial charge in [0.25, 0.3) is 0 Å². The van der Waals surface area contributed by atoms with Crippen LogP contribution in [0.2, 0.25) is 0 Å². The molecule has 0 saturated heterocycles. The van der Waals surface area contributed by atoms with Crippen LogP contribution < -0.4 is 0 Å². The summed E-state index contributed by atoms with van der Waals surface area (Å²) in [5.41, 5.74) is 0.860. The molecule has 0 radical (unpaired) electrons. The molecule has 108 valence electrons. The Morgan fingerprint density at radius 1 is 1.30 bits per heavy atom. The van der Waals surface area contributed by atoms with Gasteiger partial charge in [-0.1, -0.05) is 36.9 Å². The van der Waals surface area contributed by atoms with Gasteiger partial charge < -0.3 is 9.67 Å². The predicted octanol–water partition coefficient (Wildman–Crippen LogP) is 3.58. The van der Waals surface area contributed by atoms with Crippen molar-refractivity contribution in [3.05, 3.63) is 42.2 Å². The van der Waals surface area contributed by atoms with E-state index in [2.05, 4.69) is 36.2 Å². The van der Waals surface area contributed by atoms with E-state index in [4.69, 9.17) is 5.11 Å². The lowest BCUT2D eigenvalue weighted by Crippen LogP contribution is -2.03. The van der Waals surface area contributed by atoms with Gasteiger partial charge >= 0.3 is 0 Å². The maximum absolute atomic E-state index is 9.16. The highest BCUT2D eigenvalue weighted by Gasteiger charge is 2.11. The van der Waals surface area contributed by atoms with Crippen LogP contribution in [-0.4, -0.2) is 25.7 Å². The summed E-state index contributed by atoms with van der Waals surface area (Å²) in [5, 5.41) is 10.7. The fraction of sp³-hybridized carbons (Fsp3) is 0.400. The van der Waals surface area contributed by atoms with E-state index < -0.39 is 0 Å². The molecule has 2 rings (SSSR count). The summed E-state index contributed by atoms with van der Waals surface area (Å²) in [7, 11) is 1.95. The first-order valence-electron chi connectivity index (χ1n) is 6.66. The Labute approximate surface area is 128 Å². The Hall–Kier alpha value is -0.910. The monoisotopic (exact) mass is 308 g/mol. The number of thioether (sulfide) groups is 2. The van der Waals surface area contributed by atoms with Crippen molar-refractivity contribution in [2.24, 2.45) is 7.05 Å². The first-order chi connectivity index (χ1) is 9.70. The van der Waals surface area contributed by atoms with E-state index in [9.17, 15) is 0 Å². The van der Waals surface area contributed by atoms with Gasteiger partial charge in [0, 0.05) is 17.2 Å². The molecule has 1 aromatic heterocycles. The zero-order chi connectivity index (χ0) is 14.4. The maximum atomic E-state index is 9.16. The number of rotatable bonds is 7. The van der Waals surface area contributed by atoms with Crippen LogP contribution in [-0.2, 0) is 13.7 Å². The summed E-state index contributed by atoms with van der Waals surface area (Å²) in [5.74, 6) is 1.11. The molecule has 1 aromatic carbocycles. The lowest BCUT2D eigenvalue weighted by atomic mass is 10.4. The third kappa shape index (κ3) is 4.30. The predicted molar refractivity (Wildman–Crippen MR) is 86.2 cm³/mol. The Morgan fingerprint density at radius 3 is 2.70 bits per heavy atom. The lowest BCUT2D eigenvalue weighted by molar-refractivity contribution is 0.271. The molecule has 0 aliphatic rings. The minimum absolute atomic E-state index is 0.0439. The molecule has 2 aromatic rings. The van der Waals surface area contributed by atoms with Crippen molar-refractivity contribution in [1.29, 1.82) is 0 Å². The number of hydrogen-bond acceptors (Lipinski definition) is 4. The van der Waals surface area contributed by atoms with E-state index in [1.165, 1.54) is 4.90 Å². The average Bonchev–Trinajstić information content (AvgIpc) is 2.81. The summed E-state index contributed by atoms with van der Waals surface area (Å²) in [6.07, 6.45) is 2.87. The van der Waals surface area contributed by atoms with Crippen molar-refractivity contribution in [3.8, 4) is 0 Å². The number of aliphatic hydroxyl groups excluding tert-OH is 1. The van der Waals surface area contributed by atoms with Crippen molar-refractivity contribution >= 4 is 23.5 Å². The molecule has 0 aliphatic carbocycles. The fourth-order valence-electron chi connectivity index (χ4n) is 1.78. The molecule has 1 heterocycles. The number of imidazole rings is 1. The Bertz CT molecular complexity index is 528. The van der Waals surface area contributed by atoms with Gasteiger partial charge in [0.05, 0.1) is 18.5 Å². The van der Waals surface area contributed by atoms with Crippen LogP contribution in [0.25, 0.3) is 0 Å². The van der Waals surface area contributed by atoms with E-state index in [1.54, 1.807) is 18.0 Å². The fourth-order valence-corrected chi connectivity index (χ4v) is 3.97.